The molecule has 0 aliphatic carbocycles. The molecule has 5 heteroatoms. The lowest BCUT2D eigenvalue weighted by Gasteiger charge is -2.09. The second-order valence-electron chi connectivity index (χ2n) is 5.11. The maximum absolute atomic E-state index is 12.0. The number of amides is 1. The van der Waals surface area contributed by atoms with E-state index in [1.807, 2.05) is 19.9 Å². The van der Waals surface area contributed by atoms with Gasteiger partial charge in [0.2, 0.25) is 0 Å². The summed E-state index contributed by atoms with van der Waals surface area (Å²) >= 11 is 0. The summed E-state index contributed by atoms with van der Waals surface area (Å²) in [4.78, 5) is 12.0. The first kappa shape index (κ1) is 14.1. The molecule has 0 bridgehead atoms. The number of hydrogen-bond acceptors (Lipinski definition) is 3. The number of nitrogens with zero attached hydrogens (tertiary/aromatic N) is 2. The van der Waals surface area contributed by atoms with Crippen LogP contribution in [0.1, 0.15) is 42.4 Å². The molecule has 0 aromatic carbocycles. The number of carbonyl (C=O) groups excluding carboxylic acids is 1. The van der Waals surface area contributed by atoms with Crippen LogP contribution in [0.2, 0.25) is 0 Å². The van der Waals surface area contributed by atoms with Crippen molar-refractivity contribution < 1.29 is 9.53 Å². The van der Waals surface area contributed by atoms with Gasteiger partial charge in [-0.2, -0.15) is 5.10 Å². The Balaban J connectivity index is 1.74. The van der Waals surface area contributed by atoms with E-state index in [4.69, 9.17) is 4.74 Å². The summed E-state index contributed by atoms with van der Waals surface area (Å²) in [5.41, 5.74) is 1.54. The molecule has 1 fully saturated rings. The van der Waals surface area contributed by atoms with E-state index in [9.17, 15) is 4.79 Å². The van der Waals surface area contributed by atoms with Crippen molar-refractivity contribution in [3.63, 3.8) is 0 Å². The molecule has 5 nitrogen and oxygen atoms in total. The average molecular weight is 265 g/mol. The van der Waals surface area contributed by atoms with E-state index in [2.05, 4.69) is 10.4 Å². The highest BCUT2D eigenvalue weighted by Gasteiger charge is 2.16. The molecule has 1 atom stereocenters. The predicted octanol–water partition coefficient (Wildman–Crippen LogP) is 1.76. The summed E-state index contributed by atoms with van der Waals surface area (Å²) in [5, 5.41) is 7.25. The van der Waals surface area contributed by atoms with Crippen LogP contribution in [0.3, 0.4) is 0 Å². The highest BCUT2D eigenvalue weighted by atomic mass is 16.5. The van der Waals surface area contributed by atoms with Crippen LogP contribution in [0.15, 0.2) is 6.07 Å². The molecule has 0 radical (unpaired) electrons. The third-order valence-electron chi connectivity index (χ3n) is 3.53. The maximum atomic E-state index is 12.0. The van der Waals surface area contributed by atoms with Gasteiger partial charge in [0.1, 0.15) is 5.69 Å². The number of nitrogens with one attached hydrogen (secondary N) is 1. The van der Waals surface area contributed by atoms with Crippen molar-refractivity contribution >= 4 is 5.91 Å². The van der Waals surface area contributed by atoms with Gasteiger partial charge >= 0.3 is 0 Å². The Kier molecular flexibility index (Phi) is 4.96. The lowest BCUT2D eigenvalue weighted by Crippen LogP contribution is -2.27. The first-order valence-electron chi connectivity index (χ1n) is 7.11. The molecule has 0 saturated carbocycles. The van der Waals surface area contributed by atoms with E-state index < -0.39 is 0 Å². The fourth-order valence-corrected chi connectivity index (χ4v) is 2.46. The first-order valence-corrected chi connectivity index (χ1v) is 7.11. The highest BCUT2D eigenvalue weighted by Crippen LogP contribution is 2.17. The topological polar surface area (TPSA) is 56.2 Å². The van der Waals surface area contributed by atoms with Crippen molar-refractivity contribution in [2.75, 3.05) is 19.8 Å². The molecule has 0 spiro atoms. The van der Waals surface area contributed by atoms with E-state index in [1.54, 1.807) is 4.68 Å². The Labute approximate surface area is 114 Å². The number of aromatic nitrogens is 2. The smallest absolute Gasteiger partial charge is 0.269 e. The predicted molar refractivity (Wildman–Crippen MR) is 73.1 cm³/mol. The van der Waals surface area contributed by atoms with Crippen molar-refractivity contribution in [1.82, 2.24) is 15.1 Å². The average Bonchev–Trinajstić information content (AvgIpc) is 3.03. The zero-order valence-electron chi connectivity index (χ0n) is 11.8. The van der Waals surface area contributed by atoms with Gasteiger partial charge in [0.15, 0.2) is 0 Å². The molecule has 1 amide bonds. The minimum absolute atomic E-state index is 0.0230. The quantitative estimate of drug-likeness (QED) is 0.797. The highest BCUT2D eigenvalue weighted by molar-refractivity contribution is 5.92. The minimum Gasteiger partial charge on any atom is -0.381 e. The number of ether oxygens (including phenoxy) is 1. The molecule has 1 aliphatic heterocycles. The summed E-state index contributed by atoms with van der Waals surface area (Å²) in [6, 6.07) is 1.84. The van der Waals surface area contributed by atoms with E-state index in [-0.39, 0.29) is 5.91 Å². The van der Waals surface area contributed by atoms with Crippen LogP contribution in [-0.2, 0) is 11.3 Å². The van der Waals surface area contributed by atoms with E-state index in [1.165, 1.54) is 0 Å². The van der Waals surface area contributed by atoms with Gasteiger partial charge in [-0.15, -0.1) is 0 Å². The fourth-order valence-electron chi connectivity index (χ4n) is 2.46. The maximum Gasteiger partial charge on any atom is 0.269 e. The number of rotatable bonds is 6. The summed E-state index contributed by atoms with van der Waals surface area (Å²) in [6.45, 7) is 7.12. The second-order valence-corrected chi connectivity index (χ2v) is 5.11. The van der Waals surface area contributed by atoms with Gasteiger partial charge < -0.3 is 10.1 Å². The second kappa shape index (κ2) is 6.70. The standard InChI is InChI=1S/C14H23N3O2/c1-3-17-13(9-11(2)16-17)14(18)15-7-4-5-12-6-8-19-10-12/h9,12H,3-8,10H2,1-2H3,(H,15,18)/t12-/m0/s1. The Morgan fingerprint density at radius 1 is 1.63 bits per heavy atom. The van der Waals surface area contributed by atoms with Crippen molar-refractivity contribution in [2.24, 2.45) is 5.92 Å². The monoisotopic (exact) mass is 265 g/mol. The van der Waals surface area contributed by atoms with Gasteiger partial charge in [-0.05, 0) is 45.1 Å². The largest absolute Gasteiger partial charge is 0.381 e. The lowest BCUT2D eigenvalue weighted by atomic mass is 10.0. The zero-order chi connectivity index (χ0) is 13.7. The van der Waals surface area contributed by atoms with Crippen molar-refractivity contribution in [3.8, 4) is 0 Å². The summed E-state index contributed by atoms with van der Waals surface area (Å²) in [5.74, 6) is 0.658. The number of aryl methyl sites for hydroxylation is 2. The van der Waals surface area contributed by atoms with Crippen molar-refractivity contribution in [1.29, 1.82) is 0 Å². The molecule has 1 saturated heterocycles. The SMILES string of the molecule is CCn1nc(C)cc1C(=O)NCCC[C@H]1CCOC1. The Hall–Kier alpha value is -1.36. The van der Waals surface area contributed by atoms with E-state index >= 15 is 0 Å². The molecule has 1 aromatic heterocycles. The molecule has 106 valence electrons. The van der Waals surface area contributed by atoms with Crippen LogP contribution in [-0.4, -0.2) is 35.4 Å². The van der Waals surface area contributed by atoms with Crippen molar-refractivity contribution in [3.05, 3.63) is 17.5 Å². The zero-order valence-corrected chi connectivity index (χ0v) is 11.8. The molecule has 0 unspecified atom stereocenters. The molecule has 1 N–H and O–H groups in total. The Bertz CT molecular complexity index is 422. The van der Waals surface area contributed by atoms with Gasteiger partial charge in [0, 0.05) is 26.3 Å². The molecule has 1 aromatic rings. The Morgan fingerprint density at radius 3 is 3.16 bits per heavy atom. The van der Waals surface area contributed by atoms with Crippen LogP contribution < -0.4 is 5.32 Å². The van der Waals surface area contributed by atoms with Crippen LogP contribution in [0, 0.1) is 12.8 Å². The molecule has 1 aliphatic rings. The van der Waals surface area contributed by atoms with Crippen LogP contribution in [0.5, 0.6) is 0 Å². The van der Waals surface area contributed by atoms with E-state index in [0.29, 0.717) is 11.6 Å². The molecule has 2 heterocycles. The minimum atomic E-state index is -0.0230. The summed E-state index contributed by atoms with van der Waals surface area (Å²) in [6.07, 6.45) is 3.31. The van der Waals surface area contributed by atoms with Gasteiger partial charge in [-0.1, -0.05) is 0 Å². The summed E-state index contributed by atoms with van der Waals surface area (Å²) in [7, 11) is 0. The molecular weight excluding hydrogens is 242 g/mol. The molecule has 19 heavy (non-hydrogen) atoms. The van der Waals surface area contributed by atoms with Gasteiger partial charge in [-0.25, -0.2) is 0 Å². The van der Waals surface area contributed by atoms with Gasteiger partial charge in [0.25, 0.3) is 5.91 Å². The molecule has 2 rings (SSSR count). The van der Waals surface area contributed by atoms with Crippen LogP contribution in [0.25, 0.3) is 0 Å². The third kappa shape index (κ3) is 3.80. The third-order valence-corrected chi connectivity index (χ3v) is 3.53. The summed E-state index contributed by atoms with van der Waals surface area (Å²) < 4.78 is 7.08. The van der Waals surface area contributed by atoms with E-state index in [0.717, 1.165) is 51.3 Å². The van der Waals surface area contributed by atoms with Crippen molar-refractivity contribution in [2.45, 2.75) is 39.7 Å². The first-order chi connectivity index (χ1) is 9.20. The van der Waals surface area contributed by atoms with Gasteiger partial charge in [-0.3, -0.25) is 9.48 Å². The normalized spacial score (nSPS) is 18.7. The lowest BCUT2D eigenvalue weighted by molar-refractivity contribution is 0.0941. The Morgan fingerprint density at radius 2 is 2.47 bits per heavy atom. The van der Waals surface area contributed by atoms with Crippen LogP contribution >= 0.6 is 0 Å². The molecular formula is C14H23N3O2. The fraction of sp³-hybridized carbons (Fsp3) is 0.714. The number of hydrogen-bond donors (Lipinski definition) is 1. The van der Waals surface area contributed by atoms with Crippen LogP contribution in [0.4, 0.5) is 0 Å². The number of carbonyl (C=O) groups is 1. The van der Waals surface area contributed by atoms with Gasteiger partial charge in [0.05, 0.1) is 5.69 Å².